The summed E-state index contributed by atoms with van der Waals surface area (Å²) in [6.45, 7) is 0. The third-order valence-corrected chi connectivity index (χ3v) is 5.06. The molecule has 6 N–H and O–H groups in total. The van der Waals surface area contributed by atoms with Crippen LogP contribution in [0.15, 0.2) is 60.1 Å². The molecule has 0 amide bonds. The first kappa shape index (κ1) is 14.5. The number of benzene rings is 2. The van der Waals surface area contributed by atoms with Crippen LogP contribution in [0.1, 0.15) is 0 Å². The van der Waals surface area contributed by atoms with Crippen molar-refractivity contribution in [2.75, 3.05) is 17.2 Å². The summed E-state index contributed by atoms with van der Waals surface area (Å²) in [6, 6.07) is 15.6. The second-order valence-corrected chi connectivity index (χ2v) is 6.54. The molecule has 4 aromatic rings. The number of nitrogens with two attached hydrogens (primary N) is 3. The first-order chi connectivity index (χ1) is 11.6. The highest BCUT2D eigenvalue weighted by Crippen LogP contribution is 2.41. The van der Waals surface area contributed by atoms with Crippen molar-refractivity contribution in [2.45, 2.75) is 0 Å². The molecule has 0 unspecified atom stereocenters. The predicted octanol–water partition coefficient (Wildman–Crippen LogP) is 4.38. The standard InChI is InChI=1S/C19H16N4S/c20-13-6-4-11(5-7-13)16-10-24-18-15(9-23-19(22)17(16)18)12-2-1-3-14(21)8-12/h1-10H,20-21H2,(H2,22,23). The molecule has 2 aromatic heterocycles. The first-order valence-electron chi connectivity index (χ1n) is 7.51. The predicted molar refractivity (Wildman–Crippen MR) is 104 cm³/mol. The smallest absolute Gasteiger partial charge is 0.132 e. The summed E-state index contributed by atoms with van der Waals surface area (Å²) >= 11 is 1.66. The highest BCUT2D eigenvalue weighted by atomic mass is 32.1. The van der Waals surface area contributed by atoms with Crippen LogP contribution in [0.4, 0.5) is 17.2 Å². The van der Waals surface area contributed by atoms with Crippen LogP contribution in [0, 0.1) is 0 Å². The van der Waals surface area contributed by atoms with Gasteiger partial charge in [-0.15, -0.1) is 11.3 Å². The first-order valence-corrected chi connectivity index (χ1v) is 8.39. The summed E-state index contributed by atoms with van der Waals surface area (Å²) in [4.78, 5) is 4.41. The van der Waals surface area contributed by atoms with Gasteiger partial charge in [-0.3, -0.25) is 0 Å². The van der Waals surface area contributed by atoms with Crippen molar-refractivity contribution in [2.24, 2.45) is 0 Å². The van der Waals surface area contributed by atoms with E-state index in [9.17, 15) is 0 Å². The summed E-state index contributed by atoms with van der Waals surface area (Å²) < 4.78 is 1.11. The summed E-state index contributed by atoms with van der Waals surface area (Å²) in [5.41, 5.74) is 23.6. The molecule has 0 atom stereocenters. The van der Waals surface area contributed by atoms with E-state index in [1.807, 2.05) is 54.7 Å². The maximum atomic E-state index is 6.19. The highest BCUT2D eigenvalue weighted by Gasteiger charge is 2.15. The Bertz CT molecular complexity index is 1040. The van der Waals surface area contributed by atoms with E-state index in [0.717, 1.165) is 43.7 Å². The molecule has 0 fully saturated rings. The van der Waals surface area contributed by atoms with Gasteiger partial charge < -0.3 is 17.2 Å². The third kappa shape index (κ3) is 2.35. The molecule has 0 aliphatic rings. The molecule has 5 heteroatoms. The lowest BCUT2D eigenvalue weighted by Crippen LogP contribution is -1.93. The maximum absolute atomic E-state index is 6.19. The Kier molecular flexibility index (Phi) is 3.36. The topological polar surface area (TPSA) is 91.0 Å². The zero-order valence-electron chi connectivity index (χ0n) is 12.9. The van der Waals surface area contributed by atoms with Gasteiger partial charge in [0.05, 0.1) is 0 Å². The van der Waals surface area contributed by atoms with Crippen molar-refractivity contribution in [3.63, 3.8) is 0 Å². The molecule has 2 aromatic carbocycles. The number of hydrogen-bond donors (Lipinski definition) is 3. The molecule has 2 heterocycles. The van der Waals surface area contributed by atoms with Gasteiger partial charge in [-0.25, -0.2) is 4.98 Å². The number of fused-ring (bicyclic) bond motifs is 1. The second kappa shape index (κ2) is 5.54. The van der Waals surface area contributed by atoms with Gasteiger partial charge in [0.15, 0.2) is 0 Å². The molecule has 0 spiro atoms. The molecular formula is C19H16N4S. The minimum absolute atomic E-state index is 0.533. The monoisotopic (exact) mass is 332 g/mol. The molecule has 0 radical (unpaired) electrons. The average molecular weight is 332 g/mol. The molecule has 118 valence electrons. The van der Waals surface area contributed by atoms with Gasteiger partial charge in [0.25, 0.3) is 0 Å². The highest BCUT2D eigenvalue weighted by molar-refractivity contribution is 7.18. The van der Waals surface area contributed by atoms with Crippen LogP contribution in [0.2, 0.25) is 0 Å². The van der Waals surface area contributed by atoms with Gasteiger partial charge in [-0.2, -0.15) is 0 Å². The van der Waals surface area contributed by atoms with E-state index >= 15 is 0 Å². The molecule has 24 heavy (non-hydrogen) atoms. The zero-order valence-corrected chi connectivity index (χ0v) is 13.7. The lowest BCUT2D eigenvalue weighted by Gasteiger charge is -2.07. The molecule has 0 saturated carbocycles. The molecule has 4 nitrogen and oxygen atoms in total. The van der Waals surface area contributed by atoms with Crippen molar-refractivity contribution >= 4 is 38.6 Å². The zero-order chi connectivity index (χ0) is 16.7. The summed E-state index contributed by atoms with van der Waals surface area (Å²) in [6.07, 6.45) is 1.82. The minimum atomic E-state index is 0.533. The third-order valence-electron chi connectivity index (χ3n) is 4.04. The number of nitrogens with zero attached hydrogens (tertiary/aromatic N) is 1. The second-order valence-electron chi connectivity index (χ2n) is 5.66. The maximum Gasteiger partial charge on any atom is 0.132 e. The average Bonchev–Trinajstić information content (AvgIpc) is 3.02. The number of aromatic nitrogens is 1. The quantitative estimate of drug-likeness (QED) is 0.475. The van der Waals surface area contributed by atoms with Crippen molar-refractivity contribution in [1.29, 1.82) is 0 Å². The van der Waals surface area contributed by atoms with Gasteiger partial charge >= 0.3 is 0 Å². The number of hydrogen-bond acceptors (Lipinski definition) is 5. The van der Waals surface area contributed by atoms with Crippen LogP contribution in [0.25, 0.3) is 32.3 Å². The number of rotatable bonds is 2. The molecular weight excluding hydrogens is 316 g/mol. The van der Waals surface area contributed by atoms with Crippen LogP contribution >= 0.6 is 11.3 Å². The van der Waals surface area contributed by atoms with Crippen molar-refractivity contribution in [3.05, 3.63) is 60.1 Å². The molecule has 0 saturated heterocycles. The normalized spacial score (nSPS) is 11.0. The van der Waals surface area contributed by atoms with Gasteiger partial charge in [0.1, 0.15) is 5.82 Å². The van der Waals surface area contributed by atoms with Gasteiger partial charge in [0, 0.05) is 38.8 Å². The fourth-order valence-electron chi connectivity index (χ4n) is 2.85. The molecule has 0 aliphatic heterocycles. The minimum Gasteiger partial charge on any atom is -0.399 e. The lowest BCUT2D eigenvalue weighted by molar-refractivity contribution is 1.37. The van der Waals surface area contributed by atoms with Gasteiger partial charge in [-0.1, -0.05) is 24.3 Å². The van der Waals surface area contributed by atoms with Crippen molar-refractivity contribution < 1.29 is 0 Å². The Balaban J connectivity index is 1.97. The van der Waals surface area contributed by atoms with Crippen LogP contribution in [-0.2, 0) is 0 Å². The van der Waals surface area contributed by atoms with Crippen LogP contribution in [-0.4, -0.2) is 4.98 Å². The van der Waals surface area contributed by atoms with Crippen LogP contribution in [0.5, 0.6) is 0 Å². The number of nitrogen functional groups attached to an aromatic ring is 3. The summed E-state index contributed by atoms with van der Waals surface area (Å²) in [5, 5.41) is 3.09. The Morgan fingerprint density at radius 3 is 2.33 bits per heavy atom. The Morgan fingerprint density at radius 1 is 0.792 bits per heavy atom. The van der Waals surface area contributed by atoms with Crippen molar-refractivity contribution in [3.8, 4) is 22.3 Å². The Labute approximate surface area is 143 Å². The SMILES string of the molecule is Nc1ccc(-c2csc3c(-c4cccc(N)c4)cnc(N)c23)cc1. The van der Waals surface area contributed by atoms with E-state index in [1.165, 1.54) is 0 Å². The van der Waals surface area contributed by atoms with E-state index in [2.05, 4.69) is 10.4 Å². The van der Waals surface area contributed by atoms with E-state index in [4.69, 9.17) is 17.2 Å². The van der Waals surface area contributed by atoms with Gasteiger partial charge in [0.2, 0.25) is 0 Å². The fraction of sp³-hybridized carbons (Fsp3) is 0. The summed E-state index contributed by atoms with van der Waals surface area (Å²) in [7, 11) is 0. The van der Waals surface area contributed by atoms with E-state index in [1.54, 1.807) is 11.3 Å². The van der Waals surface area contributed by atoms with Gasteiger partial charge in [-0.05, 0) is 40.8 Å². The van der Waals surface area contributed by atoms with Crippen LogP contribution in [0.3, 0.4) is 0 Å². The largest absolute Gasteiger partial charge is 0.399 e. The lowest BCUT2D eigenvalue weighted by atomic mass is 10.0. The Morgan fingerprint density at radius 2 is 1.58 bits per heavy atom. The number of thiophene rings is 1. The Hall–Kier alpha value is -3.05. The number of pyridine rings is 1. The van der Waals surface area contributed by atoms with Crippen molar-refractivity contribution in [1.82, 2.24) is 4.98 Å². The molecule has 0 bridgehead atoms. The van der Waals surface area contributed by atoms with E-state index in [0.29, 0.717) is 5.82 Å². The van der Waals surface area contributed by atoms with E-state index in [-0.39, 0.29) is 0 Å². The molecule has 4 rings (SSSR count). The van der Waals surface area contributed by atoms with E-state index < -0.39 is 0 Å². The molecule has 0 aliphatic carbocycles. The number of anilines is 3. The van der Waals surface area contributed by atoms with Crippen LogP contribution < -0.4 is 17.2 Å². The fourth-order valence-corrected chi connectivity index (χ4v) is 3.97. The summed E-state index contributed by atoms with van der Waals surface area (Å²) in [5.74, 6) is 0.533.